The van der Waals surface area contributed by atoms with Crippen LogP contribution in [0.2, 0.25) is 0 Å². The second-order valence-corrected chi connectivity index (χ2v) is 5.96. The molecule has 0 bridgehead atoms. The third kappa shape index (κ3) is 4.72. The summed E-state index contributed by atoms with van der Waals surface area (Å²) in [4.78, 5) is 16.1. The number of carbonyl (C=O) groups excluding carboxylic acids is 1. The molecular formula is C21H17F2N3O4. The molecule has 1 heterocycles. The molecule has 1 aromatic heterocycles. The Hall–Kier alpha value is -3.93. The molecule has 9 heteroatoms. The molecule has 0 aliphatic heterocycles. The molecule has 30 heavy (non-hydrogen) atoms. The second-order valence-electron chi connectivity index (χ2n) is 5.96. The largest absolute Gasteiger partial charge is 0.493 e. The third-order valence-electron chi connectivity index (χ3n) is 4.10. The summed E-state index contributed by atoms with van der Waals surface area (Å²) in [5.41, 5.74) is 1.28. The van der Waals surface area contributed by atoms with Crippen LogP contribution in [0.4, 0.5) is 8.78 Å². The lowest BCUT2D eigenvalue weighted by Crippen LogP contribution is -2.09. The van der Waals surface area contributed by atoms with E-state index in [1.807, 2.05) is 6.07 Å². The summed E-state index contributed by atoms with van der Waals surface area (Å²) in [6, 6.07) is 13.2. The molecule has 0 radical (unpaired) electrons. The molecule has 154 valence electrons. The molecule has 0 amide bonds. The predicted octanol–water partition coefficient (Wildman–Crippen LogP) is 4.10. The van der Waals surface area contributed by atoms with Gasteiger partial charge in [0.1, 0.15) is 12.7 Å². The van der Waals surface area contributed by atoms with Gasteiger partial charge in [-0.3, -0.25) is 4.57 Å². The molecule has 3 aromatic rings. The van der Waals surface area contributed by atoms with Gasteiger partial charge in [-0.2, -0.15) is 14.0 Å². The summed E-state index contributed by atoms with van der Waals surface area (Å²) in [5.74, 6) is 0.0244. The Bertz CT molecular complexity index is 1120. The fourth-order valence-electron chi connectivity index (χ4n) is 2.78. The Labute approximate surface area is 170 Å². The van der Waals surface area contributed by atoms with Gasteiger partial charge in [0.15, 0.2) is 23.9 Å². The number of hydrogen-bond donors (Lipinski definition) is 0. The fourth-order valence-corrected chi connectivity index (χ4v) is 2.78. The summed E-state index contributed by atoms with van der Waals surface area (Å²) < 4.78 is 43.0. The zero-order chi connectivity index (χ0) is 21.5. The highest BCUT2D eigenvalue weighted by Gasteiger charge is 2.18. The number of methoxy groups -OCH3 is 1. The van der Waals surface area contributed by atoms with Gasteiger partial charge >= 0.3 is 12.5 Å². The number of hydrogen-bond acceptors (Lipinski definition) is 6. The van der Waals surface area contributed by atoms with Crippen molar-refractivity contribution in [2.45, 2.75) is 13.2 Å². The first-order valence-corrected chi connectivity index (χ1v) is 8.80. The molecule has 0 atom stereocenters. The minimum atomic E-state index is -2.81. The lowest BCUT2D eigenvalue weighted by molar-refractivity contribution is -0.139. The van der Waals surface area contributed by atoms with Crippen LogP contribution in [0.15, 0.2) is 48.5 Å². The van der Waals surface area contributed by atoms with Crippen LogP contribution in [0.3, 0.4) is 0 Å². The summed E-state index contributed by atoms with van der Waals surface area (Å²) in [5, 5.41) is 8.59. The molecule has 0 aliphatic carbocycles. The Morgan fingerprint density at radius 1 is 1.27 bits per heavy atom. The van der Waals surface area contributed by atoms with E-state index in [-0.39, 0.29) is 17.9 Å². The van der Waals surface area contributed by atoms with Crippen molar-refractivity contribution in [2.75, 3.05) is 13.7 Å². The number of rotatable bonds is 8. The first-order chi connectivity index (χ1) is 14.5. The van der Waals surface area contributed by atoms with Gasteiger partial charge < -0.3 is 14.2 Å². The van der Waals surface area contributed by atoms with Gasteiger partial charge in [-0.05, 0) is 35.9 Å². The summed E-state index contributed by atoms with van der Waals surface area (Å²) in [6.07, 6.45) is 2.65. The number of aromatic nitrogens is 2. The van der Waals surface area contributed by atoms with Crippen molar-refractivity contribution < 1.29 is 27.8 Å². The van der Waals surface area contributed by atoms with E-state index in [1.54, 1.807) is 36.4 Å². The average Bonchev–Trinajstić information content (AvgIpc) is 3.13. The number of nitrogens with zero attached hydrogens (tertiary/aromatic N) is 3. The normalized spacial score (nSPS) is 11.0. The van der Waals surface area contributed by atoms with Gasteiger partial charge in [0.05, 0.1) is 18.1 Å². The van der Waals surface area contributed by atoms with E-state index < -0.39 is 19.1 Å². The average molecular weight is 413 g/mol. The first kappa shape index (κ1) is 20.8. The SMILES string of the molecule is COc1cc(/C=C/C(=O)OCc2nc3ccccc3n2C(F)F)ccc1OCC#N. The van der Waals surface area contributed by atoms with Crippen LogP contribution >= 0.6 is 0 Å². The van der Waals surface area contributed by atoms with Crippen LogP contribution in [0.1, 0.15) is 17.9 Å². The second kappa shape index (κ2) is 9.52. The van der Waals surface area contributed by atoms with Crippen molar-refractivity contribution >= 4 is 23.1 Å². The van der Waals surface area contributed by atoms with E-state index >= 15 is 0 Å². The molecule has 0 fully saturated rings. The predicted molar refractivity (Wildman–Crippen MR) is 104 cm³/mol. The highest BCUT2D eigenvalue weighted by molar-refractivity contribution is 5.87. The van der Waals surface area contributed by atoms with Gasteiger partial charge in [-0.25, -0.2) is 9.78 Å². The number of nitriles is 1. The molecule has 0 aliphatic rings. The highest BCUT2D eigenvalue weighted by Crippen LogP contribution is 2.28. The van der Waals surface area contributed by atoms with E-state index in [0.29, 0.717) is 22.6 Å². The van der Waals surface area contributed by atoms with Crippen molar-refractivity contribution in [1.82, 2.24) is 9.55 Å². The number of para-hydroxylation sites is 2. The monoisotopic (exact) mass is 413 g/mol. The topological polar surface area (TPSA) is 86.4 Å². The molecule has 0 N–H and O–H groups in total. The van der Waals surface area contributed by atoms with Crippen molar-refractivity contribution in [3.63, 3.8) is 0 Å². The molecule has 0 saturated carbocycles. The molecule has 0 saturated heterocycles. The lowest BCUT2D eigenvalue weighted by Gasteiger charge is -2.09. The number of alkyl halides is 2. The number of imidazole rings is 1. The lowest BCUT2D eigenvalue weighted by atomic mass is 10.2. The van der Waals surface area contributed by atoms with Crippen molar-refractivity contribution in [1.29, 1.82) is 5.26 Å². The van der Waals surface area contributed by atoms with Crippen LogP contribution in [0.5, 0.6) is 11.5 Å². The van der Waals surface area contributed by atoms with Crippen molar-refractivity contribution in [3.05, 3.63) is 59.9 Å². The summed E-state index contributed by atoms with van der Waals surface area (Å²) in [7, 11) is 1.45. The smallest absolute Gasteiger partial charge is 0.331 e. The van der Waals surface area contributed by atoms with E-state index in [1.165, 1.54) is 25.3 Å². The maximum Gasteiger partial charge on any atom is 0.331 e. The number of esters is 1. The van der Waals surface area contributed by atoms with Gasteiger partial charge in [-0.1, -0.05) is 18.2 Å². The standard InChI is InChI=1S/C21H17F2N3O4/c1-28-18-12-14(6-8-17(18)29-11-10-24)7-9-20(27)30-13-19-25-15-4-2-3-5-16(15)26(19)21(22)23/h2-9,12,21H,11,13H2,1H3/b9-7+. The zero-order valence-electron chi connectivity index (χ0n) is 15.9. The van der Waals surface area contributed by atoms with Gasteiger partial charge in [0.25, 0.3) is 0 Å². The fraction of sp³-hybridized carbons (Fsp3) is 0.190. The Kier molecular flexibility index (Phi) is 6.60. The van der Waals surface area contributed by atoms with Gasteiger partial charge in [0.2, 0.25) is 0 Å². The molecule has 3 rings (SSSR count). The molecular weight excluding hydrogens is 396 g/mol. The van der Waals surface area contributed by atoms with E-state index in [2.05, 4.69) is 4.98 Å². The van der Waals surface area contributed by atoms with Crippen LogP contribution in [-0.2, 0) is 16.1 Å². The number of carbonyl (C=O) groups is 1. The van der Waals surface area contributed by atoms with E-state index in [0.717, 1.165) is 4.57 Å². The summed E-state index contributed by atoms with van der Waals surface area (Å²) in [6.45, 7) is -3.33. The minimum Gasteiger partial charge on any atom is -0.493 e. The molecule has 0 spiro atoms. The maximum absolute atomic E-state index is 13.4. The zero-order valence-corrected chi connectivity index (χ0v) is 15.9. The van der Waals surface area contributed by atoms with E-state index in [9.17, 15) is 13.6 Å². The van der Waals surface area contributed by atoms with Crippen molar-refractivity contribution in [3.8, 4) is 17.6 Å². The maximum atomic E-state index is 13.4. The van der Waals surface area contributed by atoms with Crippen molar-refractivity contribution in [2.24, 2.45) is 0 Å². The minimum absolute atomic E-state index is 0.0476. The number of fused-ring (bicyclic) bond motifs is 1. The number of halogens is 2. The van der Waals surface area contributed by atoms with E-state index in [4.69, 9.17) is 19.5 Å². The quantitative estimate of drug-likeness (QED) is 0.408. The van der Waals surface area contributed by atoms with Crippen LogP contribution < -0.4 is 9.47 Å². The van der Waals surface area contributed by atoms with Crippen LogP contribution in [0, 0.1) is 11.3 Å². The first-order valence-electron chi connectivity index (χ1n) is 8.80. The van der Waals surface area contributed by atoms with Gasteiger partial charge in [-0.15, -0.1) is 0 Å². The molecule has 0 unspecified atom stereocenters. The highest BCUT2D eigenvalue weighted by atomic mass is 19.3. The summed E-state index contributed by atoms with van der Waals surface area (Å²) >= 11 is 0. The Morgan fingerprint density at radius 3 is 2.80 bits per heavy atom. The Balaban J connectivity index is 1.68. The van der Waals surface area contributed by atoms with Crippen LogP contribution in [-0.4, -0.2) is 29.2 Å². The number of ether oxygens (including phenoxy) is 3. The van der Waals surface area contributed by atoms with Crippen LogP contribution in [0.25, 0.3) is 17.1 Å². The Morgan fingerprint density at radius 2 is 2.07 bits per heavy atom. The molecule has 7 nitrogen and oxygen atoms in total. The third-order valence-corrected chi connectivity index (χ3v) is 4.10. The number of benzene rings is 2. The van der Waals surface area contributed by atoms with Gasteiger partial charge in [0, 0.05) is 6.08 Å². The molecule has 2 aromatic carbocycles.